The van der Waals surface area contributed by atoms with Gasteiger partial charge >= 0.3 is 0 Å². The monoisotopic (exact) mass is 241 g/mol. The van der Waals surface area contributed by atoms with Gasteiger partial charge in [-0.2, -0.15) is 0 Å². The first kappa shape index (κ1) is 15.0. The minimum absolute atomic E-state index is 0.407. The zero-order valence-electron chi connectivity index (χ0n) is 12.2. The molecule has 0 aliphatic heterocycles. The Balaban J connectivity index is 2.20. The van der Waals surface area contributed by atoms with E-state index in [0.717, 1.165) is 31.3 Å². The molecular formula is C15H31NO. The van der Waals surface area contributed by atoms with Crippen LogP contribution in [0.1, 0.15) is 59.8 Å². The van der Waals surface area contributed by atoms with Gasteiger partial charge in [-0.15, -0.1) is 0 Å². The Hall–Kier alpha value is -0.0800. The molecule has 1 aliphatic rings. The van der Waals surface area contributed by atoms with Crippen LogP contribution in [0.4, 0.5) is 0 Å². The van der Waals surface area contributed by atoms with E-state index in [1.807, 2.05) is 0 Å². The zero-order valence-corrected chi connectivity index (χ0v) is 12.2. The average Bonchev–Trinajstić information content (AvgIpc) is 2.27. The summed E-state index contributed by atoms with van der Waals surface area (Å²) in [5.41, 5.74) is 0. The molecular weight excluding hydrogens is 210 g/mol. The first-order valence-electron chi connectivity index (χ1n) is 7.48. The average molecular weight is 241 g/mol. The van der Waals surface area contributed by atoms with Crippen molar-refractivity contribution in [3.8, 4) is 0 Å². The van der Waals surface area contributed by atoms with Gasteiger partial charge in [0.25, 0.3) is 0 Å². The fourth-order valence-corrected chi connectivity index (χ4v) is 2.60. The predicted molar refractivity (Wildman–Crippen MR) is 74.3 cm³/mol. The lowest BCUT2D eigenvalue weighted by Crippen LogP contribution is -2.35. The second kappa shape index (κ2) is 8.10. The summed E-state index contributed by atoms with van der Waals surface area (Å²) in [4.78, 5) is 0. The van der Waals surface area contributed by atoms with Gasteiger partial charge in [0, 0.05) is 6.54 Å². The number of ether oxygens (including phenoxy) is 1. The molecule has 3 unspecified atom stereocenters. The lowest BCUT2D eigenvalue weighted by molar-refractivity contribution is -0.0391. The summed E-state index contributed by atoms with van der Waals surface area (Å²) >= 11 is 0. The Morgan fingerprint density at radius 3 is 2.59 bits per heavy atom. The highest BCUT2D eigenvalue weighted by Gasteiger charge is 2.21. The fourth-order valence-electron chi connectivity index (χ4n) is 2.60. The minimum atomic E-state index is 0.407. The maximum atomic E-state index is 6.23. The number of rotatable bonds is 7. The third-order valence-corrected chi connectivity index (χ3v) is 3.65. The van der Waals surface area contributed by atoms with Crippen molar-refractivity contribution in [1.82, 2.24) is 5.32 Å². The summed E-state index contributed by atoms with van der Waals surface area (Å²) in [6.45, 7) is 11.2. The standard InChI is InChI=1S/C15H31NO/c1-5-14(11-16-10-12(2)3)17-15-8-6-7-13(4)9-15/h12-16H,5-11H2,1-4H3. The third-order valence-electron chi connectivity index (χ3n) is 3.65. The molecule has 2 nitrogen and oxygen atoms in total. The van der Waals surface area contributed by atoms with Crippen LogP contribution >= 0.6 is 0 Å². The molecule has 102 valence electrons. The normalized spacial score (nSPS) is 27.4. The first-order valence-corrected chi connectivity index (χ1v) is 7.48. The lowest BCUT2D eigenvalue weighted by Gasteiger charge is -2.30. The highest BCUT2D eigenvalue weighted by Crippen LogP contribution is 2.26. The Kier molecular flexibility index (Phi) is 7.14. The Labute approximate surface area is 108 Å². The van der Waals surface area contributed by atoms with Crippen molar-refractivity contribution < 1.29 is 4.74 Å². The van der Waals surface area contributed by atoms with Gasteiger partial charge in [0.15, 0.2) is 0 Å². The number of nitrogens with one attached hydrogen (secondary N) is 1. The van der Waals surface area contributed by atoms with Crippen LogP contribution in [0.25, 0.3) is 0 Å². The molecule has 1 rings (SSSR count). The molecule has 17 heavy (non-hydrogen) atoms. The van der Waals surface area contributed by atoms with Crippen molar-refractivity contribution >= 4 is 0 Å². The quantitative estimate of drug-likeness (QED) is 0.735. The highest BCUT2D eigenvalue weighted by atomic mass is 16.5. The molecule has 0 aromatic heterocycles. The molecule has 0 radical (unpaired) electrons. The maximum absolute atomic E-state index is 6.23. The van der Waals surface area contributed by atoms with Crippen LogP contribution in [0.3, 0.4) is 0 Å². The van der Waals surface area contributed by atoms with Crippen LogP contribution in [0, 0.1) is 11.8 Å². The molecule has 1 aliphatic carbocycles. The van der Waals surface area contributed by atoms with Gasteiger partial charge in [0.2, 0.25) is 0 Å². The van der Waals surface area contributed by atoms with E-state index in [2.05, 4.69) is 33.0 Å². The molecule has 0 saturated heterocycles. The van der Waals surface area contributed by atoms with Gasteiger partial charge in [0.05, 0.1) is 12.2 Å². The fraction of sp³-hybridized carbons (Fsp3) is 1.00. The van der Waals surface area contributed by atoms with E-state index in [1.165, 1.54) is 25.7 Å². The van der Waals surface area contributed by atoms with Crippen molar-refractivity contribution in [2.45, 2.75) is 72.0 Å². The molecule has 0 heterocycles. The van der Waals surface area contributed by atoms with Crippen LogP contribution in [0.5, 0.6) is 0 Å². The summed E-state index contributed by atoms with van der Waals surface area (Å²) in [5, 5.41) is 3.51. The smallest absolute Gasteiger partial charge is 0.0700 e. The van der Waals surface area contributed by atoms with E-state index in [0.29, 0.717) is 12.2 Å². The van der Waals surface area contributed by atoms with Gasteiger partial charge in [-0.25, -0.2) is 0 Å². The van der Waals surface area contributed by atoms with Gasteiger partial charge in [-0.3, -0.25) is 0 Å². The molecule has 0 aromatic carbocycles. The predicted octanol–water partition coefficient (Wildman–Crippen LogP) is 3.61. The zero-order chi connectivity index (χ0) is 12.7. The SMILES string of the molecule is CCC(CNCC(C)C)OC1CCCC(C)C1. The molecule has 1 N–H and O–H groups in total. The second-order valence-corrected chi connectivity index (χ2v) is 6.11. The first-order chi connectivity index (χ1) is 8.11. The Bertz CT molecular complexity index is 193. The van der Waals surface area contributed by atoms with E-state index >= 15 is 0 Å². The molecule has 0 amide bonds. The van der Waals surface area contributed by atoms with Crippen molar-refractivity contribution in [3.63, 3.8) is 0 Å². The van der Waals surface area contributed by atoms with Crippen LogP contribution in [0.15, 0.2) is 0 Å². The van der Waals surface area contributed by atoms with Crippen molar-refractivity contribution in [3.05, 3.63) is 0 Å². The molecule has 1 saturated carbocycles. The summed E-state index contributed by atoms with van der Waals surface area (Å²) in [6.07, 6.45) is 7.32. The van der Waals surface area contributed by atoms with Crippen LogP contribution in [-0.2, 0) is 4.74 Å². The van der Waals surface area contributed by atoms with E-state index < -0.39 is 0 Å². The molecule has 0 bridgehead atoms. The van der Waals surface area contributed by atoms with E-state index in [9.17, 15) is 0 Å². The van der Waals surface area contributed by atoms with Crippen molar-refractivity contribution in [2.24, 2.45) is 11.8 Å². The van der Waals surface area contributed by atoms with Gasteiger partial charge in [-0.1, -0.05) is 40.5 Å². The third kappa shape index (κ3) is 6.42. The molecule has 3 atom stereocenters. The summed E-state index contributed by atoms with van der Waals surface area (Å²) in [6, 6.07) is 0. The topological polar surface area (TPSA) is 21.3 Å². The van der Waals surface area contributed by atoms with Crippen LogP contribution in [-0.4, -0.2) is 25.3 Å². The molecule has 1 fully saturated rings. The summed E-state index contributed by atoms with van der Waals surface area (Å²) < 4.78 is 6.23. The Morgan fingerprint density at radius 2 is 2.00 bits per heavy atom. The van der Waals surface area contributed by atoms with E-state index in [4.69, 9.17) is 4.74 Å². The maximum Gasteiger partial charge on any atom is 0.0700 e. The Morgan fingerprint density at radius 1 is 1.24 bits per heavy atom. The van der Waals surface area contributed by atoms with Gasteiger partial charge in [-0.05, 0) is 37.6 Å². The number of hydrogen-bond donors (Lipinski definition) is 1. The summed E-state index contributed by atoms with van der Waals surface area (Å²) in [7, 11) is 0. The summed E-state index contributed by atoms with van der Waals surface area (Å²) in [5.74, 6) is 1.58. The van der Waals surface area contributed by atoms with Crippen molar-refractivity contribution in [2.75, 3.05) is 13.1 Å². The van der Waals surface area contributed by atoms with E-state index in [-0.39, 0.29) is 0 Å². The van der Waals surface area contributed by atoms with Gasteiger partial charge < -0.3 is 10.1 Å². The lowest BCUT2D eigenvalue weighted by atomic mass is 9.88. The number of hydrogen-bond acceptors (Lipinski definition) is 2. The largest absolute Gasteiger partial charge is 0.374 e. The van der Waals surface area contributed by atoms with E-state index in [1.54, 1.807) is 0 Å². The van der Waals surface area contributed by atoms with Gasteiger partial charge in [0.1, 0.15) is 0 Å². The molecule has 0 aromatic rings. The molecule has 2 heteroatoms. The molecule has 0 spiro atoms. The van der Waals surface area contributed by atoms with Crippen LogP contribution < -0.4 is 5.32 Å². The second-order valence-electron chi connectivity index (χ2n) is 6.11. The van der Waals surface area contributed by atoms with Crippen LogP contribution in [0.2, 0.25) is 0 Å². The van der Waals surface area contributed by atoms with Crippen molar-refractivity contribution in [1.29, 1.82) is 0 Å². The minimum Gasteiger partial charge on any atom is -0.374 e. The highest BCUT2D eigenvalue weighted by molar-refractivity contribution is 4.73.